The summed E-state index contributed by atoms with van der Waals surface area (Å²) in [5, 5.41) is 11.7. The third-order valence-corrected chi connectivity index (χ3v) is 7.61. The molecule has 3 atom stereocenters. The van der Waals surface area contributed by atoms with Crippen molar-refractivity contribution in [2.45, 2.75) is 56.3 Å². The number of amides is 1. The van der Waals surface area contributed by atoms with Gasteiger partial charge in [-0.2, -0.15) is 0 Å². The molecule has 2 aromatic rings. The number of hydrogen-bond donors (Lipinski definition) is 2. The molecule has 200 valence electrons. The van der Waals surface area contributed by atoms with Gasteiger partial charge in [0.25, 0.3) is 0 Å². The van der Waals surface area contributed by atoms with E-state index < -0.39 is 12.1 Å². The Labute approximate surface area is 221 Å². The van der Waals surface area contributed by atoms with Gasteiger partial charge in [0, 0.05) is 37.1 Å². The first-order valence-electron chi connectivity index (χ1n) is 12.9. The summed E-state index contributed by atoms with van der Waals surface area (Å²) < 4.78 is 17.8. The van der Waals surface area contributed by atoms with E-state index in [1.165, 1.54) is 35.4 Å². The molecule has 0 aromatic heterocycles. The van der Waals surface area contributed by atoms with Gasteiger partial charge in [0.1, 0.15) is 12.2 Å². The molecule has 2 aliphatic heterocycles. The molecule has 0 saturated heterocycles. The second-order valence-corrected chi connectivity index (χ2v) is 10.2. The van der Waals surface area contributed by atoms with Crippen molar-refractivity contribution in [1.82, 2.24) is 4.90 Å². The standard InChI is InChI=1S/C29H32N2O7/c1-31-15-14-29-13-12-21(16-23(29)38-27-22(36-2)11-8-19(17-31)26(27)29)37-25(33)5-3-4-24(32)30-20-9-6-18(7-10-20)28(34)35/h6-13,21,23H,3-5,14-17H2,1-2H3,(H,30,32)(H,34,35)/t21-,23-,29?/m0/s1. The summed E-state index contributed by atoms with van der Waals surface area (Å²) in [6, 6.07) is 9.99. The molecule has 0 radical (unpaired) electrons. The van der Waals surface area contributed by atoms with Crippen molar-refractivity contribution in [1.29, 1.82) is 0 Å². The van der Waals surface area contributed by atoms with Crippen LogP contribution in [0, 0.1) is 0 Å². The van der Waals surface area contributed by atoms with Crippen molar-refractivity contribution in [3.63, 3.8) is 0 Å². The summed E-state index contributed by atoms with van der Waals surface area (Å²) in [4.78, 5) is 38.0. The van der Waals surface area contributed by atoms with Crippen molar-refractivity contribution in [2.75, 3.05) is 26.0 Å². The number of carboxylic acid groups (broad SMARTS) is 1. The number of nitrogens with zero attached hydrogens (tertiary/aromatic N) is 1. The largest absolute Gasteiger partial charge is 0.493 e. The van der Waals surface area contributed by atoms with Crippen LogP contribution in [0.25, 0.3) is 0 Å². The number of hydrogen-bond acceptors (Lipinski definition) is 7. The molecule has 0 bridgehead atoms. The fraction of sp³-hybridized carbons (Fsp3) is 0.414. The minimum Gasteiger partial charge on any atom is -0.493 e. The fourth-order valence-electron chi connectivity index (χ4n) is 5.69. The molecule has 0 saturated carbocycles. The van der Waals surface area contributed by atoms with Gasteiger partial charge in [0.15, 0.2) is 11.5 Å². The van der Waals surface area contributed by atoms with Gasteiger partial charge in [-0.15, -0.1) is 0 Å². The quantitative estimate of drug-likeness (QED) is 0.398. The van der Waals surface area contributed by atoms with Gasteiger partial charge in [-0.1, -0.05) is 12.1 Å². The van der Waals surface area contributed by atoms with Crippen molar-refractivity contribution in [2.24, 2.45) is 0 Å². The first-order chi connectivity index (χ1) is 18.3. The second-order valence-electron chi connectivity index (χ2n) is 10.2. The lowest BCUT2D eigenvalue weighted by Gasteiger charge is -2.36. The Morgan fingerprint density at radius 1 is 1.16 bits per heavy atom. The van der Waals surface area contributed by atoms with Gasteiger partial charge in [0.05, 0.1) is 18.1 Å². The van der Waals surface area contributed by atoms with Crippen molar-refractivity contribution >= 4 is 23.5 Å². The predicted molar refractivity (Wildman–Crippen MR) is 140 cm³/mol. The summed E-state index contributed by atoms with van der Waals surface area (Å²) in [5.41, 5.74) is 2.81. The van der Waals surface area contributed by atoms with Crippen LogP contribution in [0.15, 0.2) is 48.6 Å². The monoisotopic (exact) mass is 520 g/mol. The molecule has 9 nitrogen and oxygen atoms in total. The van der Waals surface area contributed by atoms with E-state index in [9.17, 15) is 14.4 Å². The maximum absolute atomic E-state index is 12.6. The highest BCUT2D eigenvalue weighted by Gasteiger charge is 2.53. The SMILES string of the molecule is COc1ccc2c3c1O[C@H]1C[C@@H](OC(=O)CCCC(=O)Nc4ccc(C(=O)O)cc4)C=CC31CCN(C)C2. The molecule has 2 heterocycles. The van der Waals surface area contributed by atoms with Crippen LogP contribution >= 0.6 is 0 Å². The van der Waals surface area contributed by atoms with Gasteiger partial charge < -0.3 is 29.5 Å². The van der Waals surface area contributed by atoms with E-state index in [1.54, 1.807) is 7.11 Å². The Hall–Kier alpha value is -3.85. The molecule has 1 amide bonds. The molecule has 0 fully saturated rings. The van der Waals surface area contributed by atoms with Gasteiger partial charge >= 0.3 is 11.9 Å². The molecular formula is C29H32N2O7. The molecule has 2 aromatic carbocycles. The van der Waals surface area contributed by atoms with Crippen LogP contribution in [0.2, 0.25) is 0 Å². The minimum absolute atomic E-state index is 0.120. The van der Waals surface area contributed by atoms with Crippen LogP contribution in [0.5, 0.6) is 11.5 Å². The molecule has 9 heteroatoms. The maximum atomic E-state index is 12.6. The van der Waals surface area contributed by atoms with E-state index in [0.717, 1.165) is 31.0 Å². The average Bonchev–Trinajstić information content (AvgIpc) is 3.15. The lowest BCUT2D eigenvalue weighted by molar-refractivity contribution is -0.148. The molecular weight excluding hydrogens is 488 g/mol. The third-order valence-electron chi connectivity index (χ3n) is 7.61. The normalized spacial score (nSPS) is 23.4. The number of aromatic carboxylic acids is 1. The lowest BCUT2D eigenvalue weighted by atomic mass is 9.69. The van der Waals surface area contributed by atoms with Gasteiger partial charge in [0.2, 0.25) is 5.91 Å². The number of anilines is 1. The zero-order chi connectivity index (χ0) is 26.9. The second kappa shape index (κ2) is 10.5. The van der Waals surface area contributed by atoms with Crippen LogP contribution in [0.1, 0.15) is 53.6 Å². The molecule has 1 aliphatic carbocycles. The van der Waals surface area contributed by atoms with Crippen molar-refractivity contribution in [3.8, 4) is 11.5 Å². The molecule has 38 heavy (non-hydrogen) atoms. The third kappa shape index (κ3) is 4.98. The molecule has 5 rings (SSSR count). The number of carboxylic acids is 1. The number of carbonyl (C=O) groups is 3. The Kier molecular flexibility index (Phi) is 7.12. The summed E-state index contributed by atoms with van der Waals surface area (Å²) >= 11 is 0. The number of nitrogens with one attached hydrogen (secondary N) is 1. The van der Waals surface area contributed by atoms with Crippen LogP contribution < -0.4 is 14.8 Å². The number of methoxy groups -OCH3 is 1. The van der Waals surface area contributed by atoms with Crippen LogP contribution in [-0.4, -0.2) is 60.8 Å². The van der Waals surface area contributed by atoms with Gasteiger partial charge in [-0.25, -0.2) is 4.79 Å². The van der Waals surface area contributed by atoms with E-state index >= 15 is 0 Å². The number of esters is 1. The fourth-order valence-corrected chi connectivity index (χ4v) is 5.69. The van der Waals surface area contributed by atoms with Crippen molar-refractivity contribution in [3.05, 3.63) is 65.2 Å². The summed E-state index contributed by atoms with van der Waals surface area (Å²) in [7, 11) is 3.77. The van der Waals surface area contributed by atoms with E-state index in [1.807, 2.05) is 12.1 Å². The Morgan fingerprint density at radius 3 is 2.68 bits per heavy atom. The van der Waals surface area contributed by atoms with Crippen LogP contribution in [0.3, 0.4) is 0 Å². The topological polar surface area (TPSA) is 114 Å². The van der Waals surface area contributed by atoms with E-state index in [4.69, 9.17) is 19.3 Å². The van der Waals surface area contributed by atoms with Gasteiger partial charge in [-0.05, 0) is 68.4 Å². The highest BCUT2D eigenvalue weighted by Crippen LogP contribution is 2.55. The smallest absolute Gasteiger partial charge is 0.335 e. The minimum atomic E-state index is -1.03. The van der Waals surface area contributed by atoms with Crippen molar-refractivity contribution < 1.29 is 33.7 Å². The lowest BCUT2D eigenvalue weighted by Crippen LogP contribution is -2.43. The summed E-state index contributed by atoms with van der Waals surface area (Å²) in [6.45, 7) is 1.77. The average molecular weight is 521 g/mol. The highest BCUT2D eigenvalue weighted by atomic mass is 16.6. The van der Waals surface area contributed by atoms with E-state index in [0.29, 0.717) is 18.5 Å². The molecule has 3 aliphatic rings. The molecule has 1 unspecified atom stereocenters. The summed E-state index contributed by atoms with van der Waals surface area (Å²) in [6.07, 6.45) is 5.67. The number of benzene rings is 2. The first-order valence-corrected chi connectivity index (χ1v) is 12.9. The number of rotatable bonds is 8. The molecule has 2 N–H and O–H groups in total. The van der Waals surface area contributed by atoms with E-state index in [2.05, 4.69) is 29.4 Å². The zero-order valence-electron chi connectivity index (χ0n) is 21.6. The number of carbonyl (C=O) groups excluding carboxylic acids is 2. The van der Waals surface area contributed by atoms with Crippen LogP contribution in [-0.2, 0) is 26.3 Å². The van der Waals surface area contributed by atoms with Gasteiger partial charge in [-0.3, -0.25) is 9.59 Å². The maximum Gasteiger partial charge on any atom is 0.335 e. The number of ether oxygens (including phenoxy) is 3. The predicted octanol–water partition coefficient (Wildman–Crippen LogP) is 3.91. The Morgan fingerprint density at radius 2 is 1.95 bits per heavy atom. The Bertz CT molecular complexity index is 1270. The summed E-state index contributed by atoms with van der Waals surface area (Å²) in [5.74, 6) is -0.116. The Balaban J connectivity index is 1.16. The van der Waals surface area contributed by atoms with E-state index in [-0.39, 0.29) is 41.8 Å². The first kappa shape index (κ1) is 25.8. The molecule has 1 spiro atoms. The highest BCUT2D eigenvalue weighted by molar-refractivity contribution is 5.92. The zero-order valence-corrected chi connectivity index (χ0v) is 21.6. The van der Waals surface area contributed by atoms with Crippen LogP contribution in [0.4, 0.5) is 5.69 Å².